The van der Waals surface area contributed by atoms with Gasteiger partial charge >= 0.3 is 0 Å². The van der Waals surface area contributed by atoms with Gasteiger partial charge in [-0.25, -0.2) is 4.39 Å². The number of aryl methyl sites for hydroxylation is 1. The van der Waals surface area contributed by atoms with Gasteiger partial charge < -0.3 is 5.32 Å². The third kappa shape index (κ3) is 3.33. The zero-order chi connectivity index (χ0) is 14.7. The second-order valence-electron chi connectivity index (χ2n) is 4.37. The van der Waals surface area contributed by atoms with Crippen LogP contribution in [-0.4, -0.2) is 4.92 Å². The van der Waals surface area contributed by atoms with Crippen molar-refractivity contribution in [2.45, 2.75) is 13.5 Å². The van der Waals surface area contributed by atoms with Crippen LogP contribution < -0.4 is 5.32 Å². The molecule has 0 aromatic heterocycles. The highest BCUT2D eigenvalue weighted by atomic mass is 79.9. The van der Waals surface area contributed by atoms with Crippen LogP contribution in [0.4, 0.5) is 15.8 Å². The number of nitrogens with one attached hydrogen (secondary N) is 1. The molecule has 0 saturated carbocycles. The summed E-state index contributed by atoms with van der Waals surface area (Å²) in [6.07, 6.45) is 0. The molecule has 0 unspecified atom stereocenters. The number of anilines is 1. The molecule has 1 N–H and O–H groups in total. The predicted octanol–water partition coefficient (Wildman–Crippen LogP) is 4.42. The quantitative estimate of drug-likeness (QED) is 0.663. The van der Waals surface area contributed by atoms with Crippen LogP contribution in [0.3, 0.4) is 0 Å². The first-order valence-corrected chi connectivity index (χ1v) is 6.69. The third-order valence-corrected chi connectivity index (χ3v) is 3.60. The minimum absolute atomic E-state index is 0.00289. The molecular weight excluding hydrogens is 327 g/mol. The van der Waals surface area contributed by atoms with Crippen molar-refractivity contribution in [2.75, 3.05) is 5.32 Å². The molecule has 0 aliphatic rings. The second-order valence-corrected chi connectivity index (χ2v) is 5.22. The Kier molecular flexibility index (Phi) is 4.34. The van der Waals surface area contributed by atoms with Gasteiger partial charge in [-0.2, -0.15) is 0 Å². The maximum absolute atomic E-state index is 13.2. The molecular formula is C14H12BrFN2O2. The summed E-state index contributed by atoms with van der Waals surface area (Å²) < 4.78 is 13.9. The van der Waals surface area contributed by atoms with E-state index in [2.05, 4.69) is 21.2 Å². The van der Waals surface area contributed by atoms with Crippen molar-refractivity contribution in [3.8, 4) is 0 Å². The first kappa shape index (κ1) is 14.5. The lowest BCUT2D eigenvalue weighted by atomic mass is 10.1. The van der Waals surface area contributed by atoms with Crippen LogP contribution in [0.25, 0.3) is 0 Å². The van der Waals surface area contributed by atoms with Crippen LogP contribution in [-0.2, 0) is 6.54 Å². The van der Waals surface area contributed by atoms with E-state index in [4.69, 9.17) is 0 Å². The highest BCUT2D eigenvalue weighted by Crippen LogP contribution is 2.27. The summed E-state index contributed by atoms with van der Waals surface area (Å²) in [4.78, 5) is 10.5. The van der Waals surface area contributed by atoms with E-state index in [1.807, 2.05) is 6.92 Å². The summed E-state index contributed by atoms with van der Waals surface area (Å²) in [5.41, 5.74) is 2.03. The fraction of sp³-hybridized carbons (Fsp3) is 0.143. The van der Waals surface area contributed by atoms with Gasteiger partial charge in [-0.3, -0.25) is 10.1 Å². The lowest BCUT2D eigenvalue weighted by molar-refractivity contribution is -0.384. The molecule has 0 aliphatic carbocycles. The smallest absolute Gasteiger partial charge is 0.292 e. The van der Waals surface area contributed by atoms with Gasteiger partial charge in [0, 0.05) is 17.1 Å². The van der Waals surface area contributed by atoms with Crippen molar-refractivity contribution >= 4 is 27.3 Å². The Morgan fingerprint density at radius 1 is 1.30 bits per heavy atom. The van der Waals surface area contributed by atoms with E-state index in [-0.39, 0.29) is 11.5 Å². The van der Waals surface area contributed by atoms with E-state index < -0.39 is 4.92 Å². The van der Waals surface area contributed by atoms with Crippen LogP contribution in [0.1, 0.15) is 11.1 Å². The molecule has 2 aromatic carbocycles. The van der Waals surface area contributed by atoms with Crippen LogP contribution >= 0.6 is 15.9 Å². The number of nitro benzene ring substituents is 1. The van der Waals surface area contributed by atoms with E-state index in [0.29, 0.717) is 17.8 Å². The fourth-order valence-corrected chi connectivity index (χ4v) is 2.21. The number of nitrogens with zero attached hydrogens (tertiary/aromatic N) is 1. The topological polar surface area (TPSA) is 55.2 Å². The molecule has 104 valence electrons. The summed E-state index contributed by atoms with van der Waals surface area (Å²) in [6.45, 7) is 2.15. The Morgan fingerprint density at radius 2 is 2.05 bits per heavy atom. The zero-order valence-corrected chi connectivity index (χ0v) is 12.3. The molecule has 20 heavy (non-hydrogen) atoms. The number of hydrogen-bond donors (Lipinski definition) is 1. The molecule has 2 rings (SSSR count). The SMILES string of the molecule is Cc1ccc([N+](=O)[O-])c(NCc2cc(F)ccc2Br)c1. The number of rotatable bonds is 4. The van der Waals surface area contributed by atoms with Crippen molar-refractivity contribution in [1.29, 1.82) is 0 Å². The second kappa shape index (κ2) is 6.00. The molecule has 6 heteroatoms. The largest absolute Gasteiger partial charge is 0.375 e. The Balaban J connectivity index is 2.24. The van der Waals surface area contributed by atoms with Gasteiger partial charge in [-0.05, 0) is 42.3 Å². The molecule has 0 fully saturated rings. The predicted molar refractivity (Wildman–Crippen MR) is 79.3 cm³/mol. The standard InChI is InChI=1S/C14H12BrFN2O2/c1-9-2-5-14(18(19)20)13(6-9)17-8-10-7-11(16)3-4-12(10)15/h2-7,17H,8H2,1H3. The number of halogens is 2. The van der Waals surface area contributed by atoms with Crippen LogP contribution in [0.15, 0.2) is 40.9 Å². The number of nitro groups is 1. The molecule has 0 aliphatic heterocycles. The summed E-state index contributed by atoms with van der Waals surface area (Å²) in [5.74, 6) is -0.344. The molecule has 0 heterocycles. The van der Waals surface area contributed by atoms with Crippen LogP contribution in [0, 0.1) is 22.9 Å². The van der Waals surface area contributed by atoms with Crippen molar-refractivity contribution in [3.63, 3.8) is 0 Å². The van der Waals surface area contributed by atoms with Gasteiger partial charge in [0.15, 0.2) is 0 Å². The van der Waals surface area contributed by atoms with Crippen molar-refractivity contribution in [3.05, 3.63) is 67.9 Å². The summed E-state index contributed by atoms with van der Waals surface area (Å²) in [7, 11) is 0. The van der Waals surface area contributed by atoms with E-state index in [1.54, 1.807) is 18.2 Å². The number of hydrogen-bond acceptors (Lipinski definition) is 3. The first-order chi connectivity index (χ1) is 9.47. The van der Waals surface area contributed by atoms with Crippen molar-refractivity contribution in [2.24, 2.45) is 0 Å². The number of benzene rings is 2. The molecule has 0 radical (unpaired) electrons. The van der Waals surface area contributed by atoms with E-state index in [0.717, 1.165) is 10.0 Å². The van der Waals surface area contributed by atoms with Gasteiger partial charge in [0.1, 0.15) is 11.5 Å². The summed E-state index contributed by atoms with van der Waals surface area (Å²) in [6, 6.07) is 9.18. The van der Waals surface area contributed by atoms with Crippen LogP contribution in [0.5, 0.6) is 0 Å². The summed E-state index contributed by atoms with van der Waals surface area (Å²) >= 11 is 3.33. The van der Waals surface area contributed by atoms with Crippen molar-refractivity contribution < 1.29 is 9.31 Å². The maximum Gasteiger partial charge on any atom is 0.292 e. The normalized spacial score (nSPS) is 10.3. The van der Waals surface area contributed by atoms with E-state index >= 15 is 0 Å². The highest BCUT2D eigenvalue weighted by Gasteiger charge is 2.13. The minimum Gasteiger partial charge on any atom is -0.375 e. The van der Waals surface area contributed by atoms with Gasteiger partial charge in [0.25, 0.3) is 5.69 Å². The van der Waals surface area contributed by atoms with Crippen molar-refractivity contribution in [1.82, 2.24) is 0 Å². The maximum atomic E-state index is 13.2. The van der Waals surface area contributed by atoms with Gasteiger partial charge in [0.05, 0.1) is 4.92 Å². The third-order valence-electron chi connectivity index (χ3n) is 2.83. The average molecular weight is 339 g/mol. The Morgan fingerprint density at radius 3 is 2.75 bits per heavy atom. The Labute approximate surface area is 123 Å². The first-order valence-electron chi connectivity index (χ1n) is 5.90. The zero-order valence-electron chi connectivity index (χ0n) is 10.7. The average Bonchev–Trinajstić information content (AvgIpc) is 2.39. The van der Waals surface area contributed by atoms with Crippen LogP contribution in [0.2, 0.25) is 0 Å². The van der Waals surface area contributed by atoms with E-state index in [9.17, 15) is 14.5 Å². The molecule has 2 aromatic rings. The van der Waals surface area contributed by atoms with Gasteiger partial charge in [0.2, 0.25) is 0 Å². The molecule has 0 bridgehead atoms. The minimum atomic E-state index is -0.442. The molecule has 0 atom stereocenters. The molecule has 0 saturated heterocycles. The van der Waals surface area contributed by atoms with E-state index in [1.165, 1.54) is 18.2 Å². The fourth-order valence-electron chi connectivity index (χ4n) is 1.82. The lowest BCUT2D eigenvalue weighted by Crippen LogP contribution is -2.04. The Bertz CT molecular complexity index is 662. The Hall–Kier alpha value is -1.95. The lowest BCUT2D eigenvalue weighted by Gasteiger charge is -2.09. The monoisotopic (exact) mass is 338 g/mol. The highest BCUT2D eigenvalue weighted by molar-refractivity contribution is 9.10. The molecule has 0 amide bonds. The van der Waals surface area contributed by atoms with Gasteiger partial charge in [-0.15, -0.1) is 0 Å². The molecule has 4 nitrogen and oxygen atoms in total. The van der Waals surface area contributed by atoms with Gasteiger partial charge in [-0.1, -0.05) is 22.0 Å². The molecule has 0 spiro atoms. The summed E-state index contributed by atoms with van der Waals surface area (Å²) in [5, 5.41) is 13.9.